The SMILES string of the molecule is O=C(CCCSc1ccccc1)N1CCC(c2nc3ccccc3s2)CC1. The molecule has 3 nitrogen and oxygen atoms in total. The number of benzene rings is 2. The number of thioether (sulfide) groups is 1. The molecule has 3 aromatic rings. The lowest BCUT2D eigenvalue weighted by molar-refractivity contribution is -0.132. The van der Waals surface area contributed by atoms with Gasteiger partial charge in [0.1, 0.15) is 0 Å². The van der Waals surface area contributed by atoms with Gasteiger partial charge < -0.3 is 4.90 Å². The molecule has 0 saturated carbocycles. The monoisotopic (exact) mass is 396 g/mol. The van der Waals surface area contributed by atoms with Gasteiger partial charge in [0, 0.05) is 30.3 Å². The van der Waals surface area contributed by atoms with Gasteiger partial charge in [-0.25, -0.2) is 4.98 Å². The fourth-order valence-corrected chi connectivity index (χ4v) is 5.54. The van der Waals surface area contributed by atoms with Crippen LogP contribution in [0.1, 0.15) is 36.6 Å². The second kappa shape index (κ2) is 8.89. The first-order valence-corrected chi connectivity index (χ1v) is 11.4. The van der Waals surface area contributed by atoms with E-state index in [2.05, 4.69) is 47.4 Å². The van der Waals surface area contributed by atoms with Crippen molar-refractivity contribution in [1.82, 2.24) is 9.88 Å². The Hall–Kier alpha value is -1.85. The first kappa shape index (κ1) is 18.5. The molecule has 0 unspecified atom stereocenters. The number of likely N-dealkylation sites (tertiary alicyclic amines) is 1. The van der Waals surface area contributed by atoms with E-state index in [0.29, 0.717) is 18.2 Å². The number of thiazole rings is 1. The zero-order valence-corrected chi connectivity index (χ0v) is 17.0. The summed E-state index contributed by atoms with van der Waals surface area (Å²) >= 11 is 3.64. The average Bonchev–Trinajstić information content (AvgIpc) is 3.16. The molecule has 0 N–H and O–H groups in total. The van der Waals surface area contributed by atoms with Crippen LogP contribution in [0.3, 0.4) is 0 Å². The van der Waals surface area contributed by atoms with Crippen LogP contribution in [0, 0.1) is 0 Å². The zero-order chi connectivity index (χ0) is 18.5. The summed E-state index contributed by atoms with van der Waals surface area (Å²) in [7, 11) is 0. The van der Waals surface area contributed by atoms with E-state index in [0.717, 1.165) is 43.6 Å². The summed E-state index contributed by atoms with van der Waals surface area (Å²) in [5, 5.41) is 1.24. The molecule has 27 heavy (non-hydrogen) atoms. The molecule has 140 valence electrons. The molecule has 0 bridgehead atoms. The van der Waals surface area contributed by atoms with E-state index in [1.165, 1.54) is 14.6 Å². The zero-order valence-electron chi connectivity index (χ0n) is 15.3. The van der Waals surface area contributed by atoms with Crippen molar-refractivity contribution in [2.45, 2.75) is 36.5 Å². The van der Waals surface area contributed by atoms with Crippen molar-refractivity contribution in [2.24, 2.45) is 0 Å². The van der Waals surface area contributed by atoms with Gasteiger partial charge in [0.25, 0.3) is 0 Å². The fourth-order valence-electron chi connectivity index (χ4n) is 3.53. The van der Waals surface area contributed by atoms with E-state index >= 15 is 0 Å². The van der Waals surface area contributed by atoms with Crippen LogP contribution in [0.4, 0.5) is 0 Å². The van der Waals surface area contributed by atoms with Crippen molar-refractivity contribution in [3.05, 3.63) is 59.6 Å². The van der Waals surface area contributed by atoms with E-state index in [-0.39, 0.29) is 0 Å². The molecular formula is C22H24N2OS2. The fraction of sp³-hybridized carbons (Fsp3) is 0.364. The Morgan fingerprint density at radius 2 is 1.81 bits per heavy atom. The van der Waals surface area contributed by atoms with Crippen LogP contribution >= 0.6 is 23.1 Å². The Morgan fingerprint density at radius 1 is 1.07 bits per heavy atom. The second-order valence-electron chi connectivity index (χ2n) is 6.94. The predicted molar refractivity (Wildman–Crippen MR) is 115 cm³/mol. The largest absolute Gasteiger partial charge is 0.343 e. The maximum Gasteiger partial charge on any atom is 0.222 e. The molecule has 0 radical (unpaired) electrons. The quantitative estimate of drug-likeness (QED) is 0.403. The third kappa shape index (κ3) is 4.71. The van der Waals surface area contributed by atoms with E-state index in [1.54, 1.807) is 0 Å². The number of fused-ring (bicyclic) bond motifs is 1. The summed E-state index contributed by atoms with van der Waals surface area (Å²) in [5.74, 6) is 1.81. The van der Waals surface area contributed by atoms with Crippen LogP contribution in [0.2, 0.25) is 0 Å². The molecule has 4 rings (SSSR count). The van der Waals surface area contributed by atoms with E-state index in [4.69, 9.17) is 4.98 Å². The van der Waals surface area contributed by atoms with E-state index in [1.807, 2.05) is 35.2 Å². The summed E-state index contributed by atoms with van der Waals surface area (Å²) in [4.78, 5) is 20.6. The first-order chi connectivity index (χ1) is 13.3. The van der Waals surface area contributed by atoms with Crippen molar-refractivity contribution in [3.8, 4) is 0 Å². The van der Waals surface area contributed by atoms with Gasteiger partial charge in [-0.05, 0) is 49.3 Å². The topological polar surface area (TPSA) is 33.2 Å². The number of hydrogen-bond donors (Lipinski definition) is 0. The summed E-state index contributed by atoms with van der Waals surface area (Å²) in [5.41, 5.74) is 1.10. The summed E-state index contributed by atoms with van der Waals surface area (Å²) in [6.07, 6.45) is 3.66. The number of aromatic nitrogens is 1. The molecular weight excluding hydrogens is 372 g/mol. The van der Waals surface area contributed by atoms with Gasteiger partial charge in [0.15, 0.2) is 0 Å². The van der Waals surface area contributed by atoms with Crippen molar-refractivity contribution >= 4 is 39.2 Å². The minimum absolute atomic E-state index is 0.311. The van der Waals surface area contributed by atoms with Gasteiger partial charge in [-0.2, -0.15) is 0 Å². The van der Waals surface area contributed by atoms with Crippen LogP contribution in [0.25, 0.3) is 10.2 Å². The van der Waals surface area contributed by atoms with Crippen molar-refractivity contribution < 1.29 is 4.79 Å². The lowest BCUT2D eigenvalue weighted by Crippen LogP contribution is -2.37. The summed E-state index contributed by atoms with van der Waals surface area (Å²) < 4.78 is 1.27. The van der Waals surface area contributed by atoms with Gasteiger partial charge >= 0.3 is 0 Å². The van der Waals surface area contributed by atoms with Crippen molar-refractivity contribution in [3.63, 3.8) is 0 Å². The number of para-hydroxylation sites is 1. The minimum Gasteiger partial charge on any atom is -0.343 e. The summed E-state index contributed by atoms with van der Waals surface area (Å²) in [6.45, 7) is 1.73. The third-order valence-electron chi connectivity index (χ3n) is 5.05. The molecule has 1 aliphatic rings. The van der Waals surface area contributed by atoms with Crippen LogP contribution in [0.5, 0.6) is 0 Å². The third-order valence-corrected chi connectivity index (χ3v) is 7.35. The minimum atomic E-state index is 0.311. The standard InChI is InChI=1S/C22H24N2OS2/c25-21(11-6-16-26-18-7-2-1-3-8-18)24-14-12-17(13-15-24)22-23-19-9-4-5-10-20(19)27-22/h1-5,7-10,17H,6,11-16H2. The Bertz CT molecular complexity index is 852. The molecule has 5 heteroatoms. The normalized spacial score (nSPS) is 15.3. The highest BCUT2D eigenvalue weighted by Gasteiger charge is 2.25. The van der Waals surface area contributed by atoms with Gasteiger partial charge in [0.2, 0.25) is 5.91 Å². The van der Waals surface area contributed by atoms with Crippen molar-refractivity contribution in [1.29, 1.82) is 0 Å². The van der Waals surface area contributed by atoms with E-state index < -0.39 is 0 Å². The second-order valence-corrected chi connectivity index (χ2v) is 9.17. The van der Waals surface area contributed by atoms with Gasteiger partial charge in [-0.1, -0.05) is 30.3 Å². The first-order valence-electron chi connectivity index (χ1n) is 9.61. The lowest BCUT2D eigenvalue weighted by atomic mass is 9.97. The Labute approximate surface area is 168 Å². The Morgan fingerprint density at radius 3 is 2.59 bits per heavy atom. The number of nitrogens with zero attached hydrogens (tertiary/aromatic N) is 2. The molecule has 0 spiro atoms. The maximum atomic E-state index is 12.5. The average molecular weight is 397 g/mol. The van der Waals surface area contributed by atoms with Gasteiger partial charge in [0.05, 0.1) is 15.2 Å². The lowest BCUT2D eigenvalue weighted by Gasteiger charge is -2.31. The van der Waals surface area contributed by atoms with Crippen LogP contribution < -0.4 is 0 Å². The number of piperidine rings is 1. The van der Waals surface area contributed by atoms with Crippen LogP contribution in [-0.2, 0) is 4.79 Å². The Kier molecular flexibility index (Phi) is 6.10. The molecule has 1 fully saturated rings. The number of amides is 1. The summed E-state index contributed by atoms with van der Waals surface area (Å²) in [6, 6.07) is 18.7. The molecule has 2 aromatic carbocycles. The highest BCUT2D eigenvalue weighted by atomic mass is 32.2. The molecule has 0 atom stereocenters. The Balaban J connectivity index is 1.22. The molecule has 2 heterocycles. The van der Waals surface area contributed by atoms with Gasteiger partial charge in [-0.15, -0.1) is 23.1 Å². The molecule has 0 aliphatic carbocycles. The van der Waals surface area contributed by atoms with Crippen LogP contribution in [0.15, 0.2) is 59.5 Å². The smallest absolute Gasteiger partial charge is 0.222 e. The van der Waals surface area contributed by atoms with Crippen LogP contribution in [-0.4, -0.2) is 34.6 Å². The molecule has 1 aliphatic heterocycles. The highest BCUT2D eigenvalue weighted by Crippen LogP contribution is 2.34. The van der Waals surface area contributed by atoms with E-state index in [9.17, 15) is 4.79 Å². The number of hydrogen-bond acceptors (Lipinski definition) is 4. The predicted octanol–water partition coefficient (Wildman–Crippen LogP) is 5.57. The maximum absolute atomic E-state index is 12.5. The number of rotatable bonds is 6. The van der Waals surface area contributed by atoms with Gasteiger partial charge in [-0.3, -0.25) is 4.79 Å². The molecule has 1 aromatic heterocycles. The highest BCUT2D eigenvalue weighted by molar-refractivity contribution is 7.99. The number of carbonyl (C=O) groups excluding carboxylic acids is 1. The number of carbonyl (C=O) groups is 1. The molecule has 1 saturated heterocycles. The van der Waals surface area contributed by atoms with Crippen molar-refractivity contribution in [2.75, 3.05) is 18.8 Å². The molecule has 1 amide bonds.